The molecule has 1 heterocycles. The van der Waals surface area contributed by atoms with Gasteiger partial charge in [0.1, 0.15) is 0 Å². The standard InChI is InChI=1S/C7H11N3/c8-2-5-1-6(5)7-3-9-4-10-7/h3-6H,1-2,8H2,(H,9,10)/t5-,6+/m1/s1. The lowest BCUT2D eigenvalue weighted by molar-refractivity contribution is 0.800. The summed E-state index contributed by atoms with van der Waals surface area (Å²) >= 11 is 0. The number of imidazole rings is 1. The molecule has 0 bridgehead atoms. The Morgan fingerprint density at radius 1 is 1.80 bits per heavy atom. The third kappa shape index (κ3) is 0.827. The Balaban J connectivity index is 2.05. The van der Waals surface area contributed by atoms with Gasteiger partial charge in [-0.25, -0.2) is 4.98 Å². The number of hydrogen-bond donors (Lipinski definition) is 2. The van der Waals surface area contributed by atoms with E-state index < -0.39 is 0 Å². The van der Waals surface area contributed by atoms with Crippen molar-refractivity contribution >= 4 is 0 Å². The lowest BCUT2D eigenvalue weighted by Gasteiger charge is -1.90. The van der Waals surface area contributed by atoms with Crippen LogP contribution in [-0.4, -0.2) is 16.5 Å². The van der Waals surface area contributed by atoms with Crippen LogP contribution in [-0.2, 0) is 0 Å². The van der Waals surface area contributed by atoms with Crippen molar-refractivity contribution in [2.75, 3.05) is 6.54 Å². The fourth-order valence-electron chi connectivity index (χ4n) is 1.36. The van der Waals surface area contributed by atoms with E-state index in [1.807, 2.05) is 6.20 Å². The third-order valence-electron chi connectivity index (χ3n) is 2.14. The summed E-state index contributed by atoms with van der Waals surface area (Å²) in [5, 5.41) is 0. The highest BCUT2D eigenvalue weighted by molar-refractivity contribution is 5.14. The van der Waals surface area contributed by atoms with Gasteiger partial charge in [-0.3, -0.25) is 0 Å². The van der Waals surface area contributed by atoms with E-state index in [-0.39, 0.29) is 0 Å². The minimum atomic E-state index is 0.674. The molecule has 1 aromatic heterocycles. The van der Waals surface area contributed by atoms with Crippen LogP contribution in [0, 0.1) is 5.92 Å². The van der Waals surface area contributed by atoms with Gasteiger partial charge in [0.15, 0.2) is 0 Å². The van der Waals surface area contributed by atoms with Crippen molar-refractivity contribution < 1.29 is 0 Å². The van der Waals surface area contributed by atoms with Gasteiger partial charge in [-0.1, -0.05) is 0 Å². The maximum Gasteiger partial charge on any atom is 0.0921 e. The minimum absolute atomic E-state index is 0.674. The molecule has 1 aliphatic carbocycles. The maximum atomic E-state index is 5.50. The predicted octanol–water partition coefficient (Wildman–Crippen LogP) is 0.472. The molecule has 0 radical (unpaired) electrons. The van der Waals surface area contributed by atoms with Gasteiger partial charge in [-0.2, -0.15) is 0 Å². The smallest absolute Gasteiger partial charge is 0.0921 e. The molecule has 1 fully saturated rings. The SMILES string of the molecule is NC[C@H]1C[C@@H]1c1cnc[nH]1. The average Bonchev–Trinajstić information content (AvgIpc) is 2.56. The summed E-state index contributed by atoms with van der Waals surface area (Å²) in [6.45, 7) is 0.809. The first-order valence-corrected chi connectivity index (χ1v) is 3.60. The predicted molar refractivity (Wildman–Crippen MR) is 38.5 cm³/mol. The van der Waals surface area contributed by atoms with E-state index in [0.717, 1.165) is 6.54 Å². The number of H-pyrrole nitrogens is 1. The van der Waals surface area contributed by atoms with E-state index in [9.17, 15) is 0 Å². The van der Waals surface area contributed by atoms with E-state index in [0.29, 0.717) is 11.8 Å². The summed E-state index contributed by atoms with van der Waals surface area (Å²) in [5.41, 5.74) is 6.74. The minimum Gasteiger partial charge on any atom is -0.348 e. The van der Waals surface area contributed by atoms with Gasteiger partial charge < -0.3 is 10.7 Å². The molecule has 0 aliphatic heterocycles. The molecule has 1 saturated carbocycles. The molecule has 3 heteroatoms. The van der Waals surface area contributed by atoms with Gasteiger partial charge in [0, 0.05) is 17.8 Å². The van der Waals surface area contributed by atoms with Gasteiger partial charge in [0.05, 0.1) is 6.33 Å². The second-order valence-corrected chi connectivity index (χ2v) is 2.84. The molecule has 54 valence electrons. The highest BCUT2D eigenvalue weighted by atomic mass is 14.9. The average molecular weight is 137 g/mol. The Labute approximate surface area is 59.7 Å². The van der Waals surface area contributed by atoms with Gasteiger partial charge in [-0.05, 0) is 18.9 Å². The van der Waals surface area contributed by atoms with Gasteiger partial charge in [-0.15, -0.1) is 0 Å². The van der Waals surface area contributed by atoms with Crippen molar-refractivity contribution in [3.8, 4) is 0 Å². The first kappa shape index (κ1) is 5.92. The van der Waals surface area contributed by atoms with Crippen LogP contribution in [0.2, 0.25) is 0 Å². The van der Waals surface area contributed by atoms with Crippen LogP contribution in [0.1, 0.15) is 18.0 Å². The maximum absolute atomic E-state index is 5.50. The molecular formula is C7H11N3. The van der Waals surface area contributed by atoms with E-state index >= 15 is 0 Å². The molecule has 0 spiro atoms. The molecule has 0 unspecified atom stereocenters. The quantitative estimate of drug-likeness (QED) is 0.622. The summed E-state index contributed by atoms with van der Waals surface area (Å²) in [6.07, 6.45) is 4.85. The fourth-order valence-corrected chi connectivity index (χ4v) is 1.36. The summed E-state index contributed by atoms with van der Waals surface area (Å²) in [5.74, 6) is 1.38. The Hall–Kier alpha value is -0.830. The van der Waals surface area contributed by atoms with Crippen molar-refractivity contribution in [3.05, 3.63) is 18.2 Å². The number of aromatic nitrogens is 2. The van der Waals surface area contributed by atoms with Gasteiger partial charge in [0.25, 0.3) is 0 Å². The second kappa shape index (κ2) is 2.09. The molecule has 1 aliphatic rings. The number of hydrogen-bond acceptors (Lipinski definition) is 2. The Morgan fingerprint density at radius 2 is 2.70 bits per heavy atom. The zero-order chi connectivity index (χ0) is 6.97. The van der Waals surface area contributed by atoms with E-state index in [2.05, 4.69) is 9.97 Å². The highest BCUT2D eigenvalue weighted by Crippen LogP contribution is 2.45. The van der Waals surface area contributed by atoms with Crippen molar-refractivity contribution in [1.29, 1.82) is 0 Å². The zero-order valence-corrected chi connectivity index (χ0v) is 5.75. The molecule has 0 saturated heterocycles. The summed E-state index contributed by atoms with van der Waals surface area (Å²) in [7, 11) is 0. The van der Waals surface area contributed by atoms with E-state index in [4.69, 9.17) is 5.73 Å². The topological polar surface area (TPSA) is 54.7 Å². The largest absolute Gasteiger partial charge is 0.348 e. The number of nitrogens with zero attached hydrogens (tertiary/aromatic N) is 1. The first-order valence-electron chi connectivity index (χ1n) is 3.60. The van der Waals surface area contributed by atoms with Crippen LogP contribution in [0.4, 0.5) is 0 Å². The molecule has 3 nitrogen and oxygen atoms in total. The summed E-state index contributed by atoms with van der Waals surface area (Å²) in [6, 6.07) is 0. The Morgan fingerprint density at radius 3 is 3.20 bits per heavy atom. The van der Waals surface area contributed by atoms with Gasteiger partial charge in [0.2, 0.25) is 0 Å². The molecule has 10 heavy (non-hydrogen) atoms. The van der Waals surface area contributed by atoms with Crippen molar-refractivity contribution in [1.82, 2.24) is 9.97 Å². The monoisotopic (exact) mass is 137 g/mol. The molecule has 0 amide bonds. The second-order valence-electron chi connectivity index (χ2n) is 2.84. The van der Waals surface area contributed by atoms with Crippen LogP contribution in [0.3, 0.4) is 0 Å². The van der Waals surface area contributed by atoms with Crippen molar-refractivity contribution in [2.45, 2.75) is 12.3 Å². The number of rotatable bonds is 2. The van der Waals surface area contributed by atoms with E-state index in [1.165, 1.54) is 12.1 Å². The van der Waals surface area contributed by atoms with Crippen LogP contribution in [0.25, 0.3) is 0 Å². The van der Waals surface area contributed by atoms with Crippen LogP contribution >= 0.6 is 0 Å². The normalized spacial score (nSPS) is 30.5. The van der Waals surface area contributed by atoms with Crippen LogP contribution in [0.5, 0.6) is 0 Å². The van der Waals surface area contributed by atoms with Crippen molar-refractivity contribution in [2.24, 2.45) is 11.7 Å². The van der Waals surface area contributed by atoms with Crippen LogP contribution < -0.4 is 5.73 Å². The highest BCUT2D eigenvalue weighted by Gasteiger charge is 2.37. The van der Waals surface area contributed by atoms with Gasteiger partial charge >= 0.3 is 0 Å². The van der Waals surface area contributed by atoms with Crippen LogP contribution in [0.15, 0.2) is 12.5 Å². The molecule has 1 aromatic rings. The third-order valence-corrected chi connectivity index (χ3v) is 2.14. The Kier molecular flexibility index (Phi) is 1.24. The fraction of sp³-hybridized carbons (Fsp3) is 0.571. The molecule has 0 aromatic carbocycles. The zero-order valence-electron chi connectivity index (χ0n) is 5.75. The molecular weight excluding hydrogens is 126 g/mol. The molecule has 3 N–H and O–H groups in total. The lowest BCUT2D eigenvalue weighted by Crippen LogP contribution is -2.01. The first-order chi connectivity index (χ1) is 4.92. The lowest BCUT2D eigenvalue weighted by atomic mass is 10.2. The number of nitrogens with two attached hydrogens (primary N) is 1. The number of nitrogens with one attached hydrogen (secondary N) is 1. The molecule has 2 rings (SSSR count). The molecule has 2 atom stereocenters. The number of aromatic amines is 1. The summed E-state index contributed by atoms with van der Waals surface area (Å²) in [4.78, 5) is 7.05. The van der Waals surface area contributed by atoms with Crippen molar-refractivity contribution in [3.63, 3.8) is 0 Å². The van der Waals surface area contributed by atoms with E-state index in [1.54, 1.807) is 6.33 Å². The summed E-state index contributed by atoms with van der Waals surface area (Å²) < 4.78 is 0. The Bertz CT molecular complexity index is 205.